The van der Waals surface area contributed by atoms with Gasteiger partial charge in [0.05, 0.1) is 30.2 Å². The number of methoxy groups -OCH3 is 1. The number of ether oxygens (including phenoxy) is 1. The zero-order chi connectivity index (χ0) is 16.4. The SMILES string of the molecule is COc1cc2c(cc1Nc1ncc(Cl)cn1)CN(C(C)C)CC2. The number of hydrogen-bond acceptors (Lipinski definition) is 5. The van der Waals surface area contributed by atoms with Gasteiger partial charge in [-0.15, -0.1) is 0 Å². The molecular formula is C17H21ClN4O. The minimum Gasteiger partial charge on any atom is -0.495 e. The number of benzene rings is 1. The Labute approximate surface area is 141 Å². The lowest BCUT2D eigenvalue weighted by Gasteiger charge is -2.32. The molecule has 0 saturated carbocycles. The van der Waals surface area contributed by atoms with E-state index >= 15 is 0 Å². The van der Waals surface area contributed by atoms with Gasteiger partial charge in [0.15, 0.2) is 0 Å². The third kappa shape index (κ3) is 3.57. The van der Waals surface area contributed by atoms with Crippen molar-refractivity contribution in [2.75, 3.05) is 19.0 Å². The lowest BCUT2D eigenvalue weighted by molar-refractivity contribution is 0.203. The molecule has 1 N–H and O–H groups in total. The number of halogens is 1. The van der Waals surface area contributed by atoms with E-state index < -0.39 is 0 Å². The van der Waals surface area contributed by atoms with Gasteiger partial charge in [0, 0.05) is 19.1 Å². The van der Waals surface area contributed by atoms with Gasteiger partial charge < -0.3 is 10.1 Å². The largest absolute Gasteiger partial charge is 0.495 e. The highest BCUT2D eigenvalue weighted by Crippen LogP contribution is 2.33. The molecule has 0 unspecified atom stereocenters. The molecule has 0 bridgehead atoms. The van der Waals surface area contributed by atoms with Crippen LogP contribution in [0.1, 0.15) is 25.0 Å². The van der Waals surface area contributed by atoms with Crippen LogP contribution < -0.4 is 10.1 Å². The summed E-state index contributed by atoms with van der Waals surface area (Å²) in [5.74, 6) is 1.31. The maximum Gasteiger partial charge on any atom is 0.227 e. The lowest BCUT2D eigenvalue weighted by Crippen LogP contribution is -2.35. The van der Waals surface area contributed by atoms with Crippen LogP contribution in [0.15, 0.2) is 24.5 Å². The number of anilines is 2. The van der Waals surface area contributed by atoms with E-state index in [1.54, 1.807) is 19.5 Å². The van der Waals surface area contributed by atoms with Crippen LogP contribution in [0.5, 0.6) is 5.75 Å². The first-order chi connectivity index (χ1) is 11.1. The standard InChI is InChI=1S/C17H21ClN4O/c1-11(2)22-5-4-12-7-16(23-3)15(6-13(12)10-22)21-17-19-8-14(18)9-20-17/h6-9,11H,4-5,10H2,1-3H3,(H,19,20,21). The monoisotopic (exact) mass is 332 g/mol. The molecule has 122 valence electrons. The number of fused-ring (bicyclic) bond motifs is 1. The number of rotatable bonds is 4. The van der Waals surface area contributed by atoms with Crippen LogP contribution in [-0.4, -0.2) is 34.6 Å². The Morgan fingerprint density at radius 3 is 2.61 bits per heavy atom. The molecule has 0 atom stereocenters. The Morgan fingerprint density at radius 2 is 1.96 bits per heavy atom. The number of hydrogen-bond donors (Lipinski definition) is 1. The van der Waals surface area contributed by atoms with Gasteiger partial charge in [-0.2, -0.15) is 0 Å². The minimum absolute atomic E-state index is 0.504. The molecule has 0 spiro atoms. The van der Waals surface area contributed by atoms with Crippen LogP contribution in [0.4, 0.5) is 11.6 Å². The maximum absolute atomic E-state index is 5.83. The van der Waals surface area contributed by atoms with Crippen molar-refractivity contribution in [3.63, 3.8) is 0 Å². The first-order valence-electron chi connectivity index (χ1n) is 7.75. The van der Waals surface area contributed by atoms with Gasteiger partial charge in [0.25, 0.3) is 0 Å². The molecule has 5 nitrogen and oxygen atoms in total. The maximum atomic E-state index is 5.83. The Kier molecular flexibility index (Phi) is 4.68. The molecule has 1 aromatic carbocycles. The van der Waals surface area contributed by atoms with Gasteiger partial charge in [0.1, 0.15) is 5.75 Å². The summed E-state index contributed by atoms with van der Waals surface area (Å²) >= 11 is 5.83. The van der Waals surface area contributed by atoms with Crippen LogP contribution >= 0.6 is 11.6 Å². The first-order valence-corrected chi connectivity index (χ1v) is 8.13. The van der Waals surface area contributed by atoms with Gasteiger partial charge in [-0.25, -0.2) is 9.97 Å². The average molecular weight is 333 g/mol. The van der Waals surface area contributed by atoms with Crippen molar-refractivity contribution in [1.82, 2.24) is 14.9 Å². The molecule has 0 aliphatic carbocycles. The third-order valence-corrected chi connectivity index (χ3v) is 4.36. The Bertz CT molecular complexity index is 688. The number of nitrogens with zero attached hydrogens (tertiary/aromatic N) is 3. The Balaban J connectivity index is 1.90. The summed E-state index contributed by atoms with van der Waals surface area (Å²) in [5, 5.41) is 3.73. The van der Waals surface area contributed by atoms with Crippen molar-refractivity contribution >= 4 is 23.2 Å². The van der Waals surface area contributed by atoms with Gasteiger partial charge >= 0.3 is 0 Å². The van der Waals surface area contributed by atoms with Gasteiger partial charge in [-0.1, -0.05) is 11.6 Å². The predicted octanol–water partition coefficient (Wildman–Crippen LogP) is 3.65. The highest BCUT2D eigenvalue weighted by atomic mass is 35.5. The van der Waals surface area contributed by atoms with Gasteiger partial charge in [-0.05, 0) is 43.5 Å². The van der Waals surface area contributed by atoms with Crippen LogP contribution in [0, 0.1) is 0 Å². The number of aromatic nitrogens is 2. The molecule has 0 radical (unpaired) electrons. The molecule has 2 aromatic rings. The van der Waals surface area contributed by atoms with Gasteiger partial charge in [0.2, 0.25) is 5.95 Å². The van der Waals surface area contributed by atoms with E-state index in [0.717, 1.165) is 30.9 Å². The summed E-state index contributed by atoms with van der Waals surface area (Å²) in [6.07, 6.45) is 4.19. The second-order valence-electron chi connectivity index (χ2n) is 5.99. The molecular weight excluding hydrogens is 312 g/mol. The third-order valence-electron chi connectivity index (χ3n) is 4.16. The molecule has 2 heterocycles. The summed E-state index contributed by atoms with van der Waals surface area (Å²) in [6.45, 7) is 6.50. The Morgan fingerprint density at radius 1 is 1.22 bits per heavy atom. The highest BCUT2D eigenvalue weighted by molar-refractivity contribution is 6.30. The highest BCUT2D eigenvalue weighted by Gasteiger charge is 2.20. The molecule has 0 fully saturated rings. The van der Waals surface area contributed by atoms with E-state index in [1.165, 1.54) is 11.1 Å². The fourth-order valence-corrected chi connectivity index (χ4v) is 2.91. The van der Waals surface area contributed by atoms with Crippen molar-refractivity contribution in [1.29, 1.82) is 0 Å². The zero-order valence-corrected chi connectivity index (χ0v) is 14.4. The van der Waals surface area contributed by atoms with E-state index in [0.29, 0.717) is 17.0 Å². The van der Waals surface area contributed by atoms with Crippen molar-refractivity contribution in [2.24, 2.45) is 0 Å². The topological polar surface area (TPSA) is 50.3 Å². The summed E-state index contributed by atoms with van der Waals surface area (Å²) in [7, 11) is 1.68. The summed E-state index contributed by atoms with van der Waals surface area (Å²) in [5.41, 5.74) is 3.54. The van der Waals surface area contributed by atoms with Crippen LogP contribution in [0.2, 0.25) is 5.02 Å². The fraction of sp³-hybridized carbons (Fsp3) is 0.412. The molecule has 23 heavy (non-hydrogen) atoms. The molecule has 3 rings (SSSR count). The van der Waals surface area contributed by atoms with Crippen molar-refractivity contribution in [3.8, 4) is 5.75 Å². The summed E-state index contributed by atoms with van der Waals surface area (Å²) in [6, 6.07) is 4.80. The quantitative estimate of drug-likeness (QED) is 0.926. The summed E-state index contributed by atoms with van der Waals surface area (Å²) < 4.78 is 5.52. The molecule has 1 aliphatic rings. The van der Waals surface area contributed by atoms with Gasteiger partial charge in [-0.3, -0.25) is 4.90 Å². The van der Waals surface area contributed by atoms with Crippen LogP contribution in [0.25, 0.3) is 0 Å². The van der Waals surface area contributed by atoms with Crippen molar-refractivity contribution in [3.05, 3.63) is 40.7 Å². The van der Waals surface area contributed by atoms with E-state index in [1.807, 2.05) is 0 Å². The van der Waals surface area contributed by atoms with Crippen LogP contribution in [0.3, 0.4) is 0 Å². The molecule has 6 heteroatoms. The predicted molar refractivity (Wildman–Crippen MR) is 92.6 cm³/mol. The van der Waals surface area contributed by atoms with Crippen LogP contribution in [-0.2, 0) is 13.0 Å². The molecule has 0 amide bonds. The first kappa shape index (κ1) is 16.0. The Hall–Kier alpha value is -1.85. The minimum atomic E-state index is 0.504. The normalized spacial score (nSPS) is 14.7. The van der Waals surface area contributed by atoms with E-state index in [-0.39, 0.29) is 0 Å². The molecule has 1 aromatic heterocycles. The van der Waals surface area contributed by atoms with E-state index in [4.69, 9.17) is 16.3 Å². The second-order valence-corrected chi connectivity index (χ2v) is 6.42. The summed E-state index contributed by atoms with van der Waals surface area (Å²) in [4.78, 5) is 10.8. The number of nitrogens with one attached hydrogen (secondary N) is 1. The van der Waals surface area contributed by atoms with Crippen molar-refractivity contribution in [2.45, 2.75) is 32.9 Å². The zero-order valence-electron chi connectivity index (χ0n) is 13.6. The smallest absolute Gasteiger partial charge is 0.227 e. The van der Waals surface area contributed by atoms with E-state index in [2.05, 4.69) is 46.2 Å². The lowest BCUT2D eigenvalue weighted by atomic mass is 9.97. The average Bonchev–Trinajstić information content (AvgIpc) is 2.55. The molecule has 0 saturated heterocycles. The molecule has 1 aliphatic heterocycles. The van der Waals surface area contributed by atoms with Crippen molar-refractivity contribution < 1.29 is 4.74 Å². The van der Waals surface area contributed by atoms with E-state index in [9.17, 15) is 0 Å². The second kappa shape index (κ2) is 6.72. The fourth-order valence-electron chi connectivity index (χ4n) is 2.81.